The van der Waals surface area contributed by atoms with Crippen molar-refractivity contribution in [1.29, 1.82) is 0 Å². The molecule has 0 bridgehead atoms. The molecule has 2 atom stereocenters. The molecule has 0 radical (unpaired) electrons. The Labute approximate surface area is 132 Å². The molecule has 2 N–H and O–H groups in total. The van der Waals surface area contributed by atoms with Gasteiger partial charge in [0.2, 0.25) is 0 Å². The van der Waals surface area contributed by atoms with Crippen molar-refractivity contribution in [2.24, 2.45) is 11.7 Å². The second-order valence-electron chi connectivity index (χ2n) is 6.26. The van der Waals surface area contributed by atoms with Crippen LogP contribution in [0.25, 0.3) is 0 Å². The van der Waals surface area contributed by atoms with Crippen molar-refractivity contribution in [3.8, 4) is 0 Å². The smallest absolute Gasteiger partial charge is 0.323 e. The number of rotatable bonds is 14. The van der Waals surface area contributed by atoms with Gasteiger partial charge in [0.1, 0.15) is 6.04 Å². The average Bonchev–Trinajstić information content (AvgIpc) is 2.50. The van der Waals surface area contributed by atoms with Crippen LogP contribution in [0.15, 0.2) is 0 Å². The van der Waals surface area contributed by atoms with Gasteiger partial charge in [0.15, 0.2) is 0 Å². The van der Waals surface area contributed by atoms with Crippen molar-refractivity contribution in [1.82, 2.24) is 0 Å². The molecule has 21 heavy (non-hydrogen) atoms. The van der Waals surface area contributed by atoms with E-state index < -0.39 is 6.04 Å². The van der Waals surface area contributed by atoms with Gasteiger partial charge in [-0.25, -0.2) is 0 Å². The summed E-state index contributed by atoms with van der Waals surface area (Å²) in [6, 6.07) is -0.460. The lowest BCUT2D eigenvalue weighted by atomic mass is 10.0. The maximum absolute atomic E-state index is 11.7. The van der Waals surface area contributed by atoms with E-state index in [0.717, 1.165) is 19.3 Å². The molecule has 0 aliphatic heterocycles. The van der Waals surface area contributed by atoms with Gasteiger partial charge in [-0.15, -0.1) is 0 Å². The van der Waals surface area contributed by atoms with Gasteiger partial charge in [0.25, 0.3) is 0 Å². The van der Waals surface area contributed by atoms with E-state index in [1.165, 1.54) is 51.4 Å². The molecule has 0 aliphatic rings. The van der Waals surface area contributed by atoms with Crippen molar-refractivity contribution in [2.45, 2.75) is 97.4 Å². The molecule has 0 aromatic carbocycles. The molecule has 3 nitrogen and oxygen atoms in total. The first kappa shape index (κ1) is 20.4. The summed E-state index contributed by atoms with van der Waals surface area (Å²) in [6.45, 7) is 6.81. The average molecular weight is 299 g/mol. The first-order valence-electron chi connectivity index (χ1n) is 9.05. The van der Waals surface area contributed by atoms with Crippen molar-refractivity contribution in [2.75, 3.05) is 6.61 Å². The van der Waals surface area contributed by atoms with Gasteiger partial charge < -0.3 is 10.5 Å². The summed E-state index contributed by atoms with van der Waals surface area (Å²) in [7, 11) is 0. The Hall–Kier alpha value is -0.570. The number of carbonyl (C=O) groups is 1. The largest absolute Gasteiger partial charge is 0.465 e. The highest BCUT2D eigenvalue weighted by Gasteiger charge is 2.20. The number of nitrogens with two attached hydrogens (primary N) is 1. The van der Waals surface area contributed by atoms with Crippen LogP contribution in [0.1, 0.15) is 91.4 Å². The fourth-order valence-electron chi connectivity index (χ4n) is 2.34. The normalized spacial score (nSPS) is 13.9. The number of esters is 1. The first-order chi connectivity index (χ1) is 10.1. The molecule has 0 fully saturated rings. The van der Waals surface area contributed by atoms with Crippen LogP contribution in [0, 0.1) is 5.92 Å². The Morgan fingerprint density at radius 3 is 1.86 bits per heavy atom. The third-order valence-electron chi connectivity index (χ3n) is 4.27. The fraction of sp³-hybridized carbons (Fsp3) is 0.944. The second kappa shape index (κ2) is 14.4. The number of ether oxygens (including phenoxy) is 1. The molecule has 0 aliphatic carbocycles. The van der Waals surface area contributed by atoms with Crippen molar-refractivity contribution < 1.29 is 9.53 Å². The van der Waals surface area contributed by atoms with Crippen molar-refractivity contribution in [3.63, 3.8) is 0 Å². The predicted molar refractivity (Wildman–Crippen MR) is 90.2 cm³/mol. The van der Waals surface area contributed by atoms with Crippen LogP contribution in [-0.2, 0) is 9.53 Å². The zero-order valence-electron chi connectivity index (χ0n) is 14.5. The lowest BCUT2D eigenvalue weighted by Crippen LogP contribution is -2.38. The van der Waals surface area contributed by atoms with Gasteiger partial charge >= 0.3 is 5.97 Å². The maximum atomic E-state index is 11.7. The summed E-state index contributed by atoms with van der Waals surface area (Å²) in [4.78, 5) is 11.7. The molecule has 0 spiro atoms. The van der Waals surface area contributed by atoms with E-state index in [4.69, 9.17) is 10.5 Å². The molecule has 126 valence electrons. The van der Waals surface area contributed by atoms with E-state index in [9.17, 15) is 4.79 Å². The summed E-state index contributed by atoms with van der Waals surface area (Å²) in [5, 5.41) is 0. The standard InChI is InChI=1S/C18H37NO2/c1-4-6-7-8-9-10-11-12-13-14-15-21-18(20)17(19)16(3)5-2/h16-17H,4-15,19H2,1-3H3/t16-,17-/m1/s1. The molecular weight excluding hydrogens is 262 g/mol. The highest BCUT2D eigenvalue weighted by Crippen LogP contribution is 2.11. The van der Waals surface area contributed by atoms with Gasteiger partial charge in [-0.1, -0.05) is 85.0 Å². The highest BCUT2D eigenvalue weighted by molar-refractivity contribution is 5.75. The minimum atomic E-state index is -0.460. The summed E-state index contributed by atoms with van der Waals surface area (Å²) >= 11 is 0. The van der Waals surface area contributed by atoms with Crippen LogP contribution >= 0.6 is 0 Å². The zero-order valence-corrected chi connectivity index (χ0v) is 14.5. The molecule has 0 aromatic heterocycles. The SMILES string of the molecule is CCCCCCCCCCCCOC(=O)[C@H](N)[C@H](C)CC. The summed E-state index contributed by atoms with van der Waals surface area (Å²) in [5.41, 5.74) is 5.83. The quantitative estimate of drug-likeness (QED) is 0.369. The zero-order chi connectivity index (χ0) is 15.9. The van der Waals surface area contributed by atoms with E-state index in [2.05, 4.69) is 6.92 Å². The molecule has 0 aromatic rings. The predicted octanol–water partition coefficient (Wildman–Crippen LogP) is 4.82. The van der Waals surface area contributed by atoms with Gasteiger partial charge in [0, 0.05) is 0 Å². The van der Waals surface area contributed by atoms with Crippen LogP contribution in [0.2, 0.25) is 0 Å². The summed E-state index contributed by atoms with van der Waals surface area (Å²) in [6.07, 6.45) is 13.8. The van der Waals surface area contributed by atoms with Gasteiger partial charge in [-0.2, -0.15) is 0 Å². The second-order valence-corrected chi connectivity index (χ2v) is 6.26. The van der Waals surface area contributed by atoms with E-state index >= 15 is 0 Å². The molecular formula is C18H37NO2. The Morgan fingerprint density at radius 2 is 1.38 bits per heavy atom. The Kier molecular flexibility index (Phi) is 14.0. The number of carbonyl (C=O) groups excluding carboxylic acids is 1. The van der Waals surface area contributed by atoms with E-state index in [-0.39, 0.29) is 11.9 Å². The van der Waals surface area contributed by atoms with Crippen LogP contribution in [0.3, 0.4) is 0 Å². The number of unbranched alkanes of at least 4 members (excludes halogenated alkanes) is 9. The molecule has 0 unspecified atom stereocenters. The maximum Gasteiger partial charge on any atom is 0.323 e. The van der Waals surface area contributed by atoms with Crippen molar-refractivity contribution in [3.05, 3.63) is 0 Å². The lowest BCUT2D eigenvalue weighted by molar-refractivity contribution is -0.146. The van der Waals surface area contributed by atoms with Gasteiger partial charge in [0.05, 0.1) is 6.61 Å². The number of hydrogen-bond acceptors (Lipinski definition) is 3. The van der Waals surface area contributed by atoms with E-state index in [1.54, 1.807) is 0 Å². The summed E-state index contributed by atoms with van der Waals surface area (Å²) < 4.78 is 5.23. The third-order valence-corrected chi connectivity index (χ3v) is 4.27. The minimum absolute atomic E-state index is 0.199. The van der Waals surface area contributed by atoms with Crippen molar-refractivity contribution >= 4 is 5.97 Å². The van der Waals surface area contributed by atoms with Crippen LogP contribution in [0.4, 0.5) is 0 Å². The first-order valence-corrected chi connectivity index (χ1v) is 9.05. The fourth-order valence-corrected chi connectivity index (χ4v) is 2.34. The van der Waals surface area contributed by atoms with Crippen LogP contribution < -0.4 is 5.73 Å². The van der Waals surface area contributed by atoms with Crippen LogP contribution in [-0.4, -0.2) is 18.6 Å². The molecule has 0 saturated carbocycles. The van der Waals surface area contributed by atoms with E-state index in [1.807, 2.05) is 13.8 Å². The molecule has 3 heteroatoms. The Morgan fingerprint density at radius 1 is 0.905 bits per heavy atom. The lowest BCUT2D eigenvalue weighted by Gasteiger charge is -2.16. The molecule has 0 amide bonds. The molecule has 0 rings (SSSR count). The van der Waals surface area contributed by atoms with Gasteiger partial charge in [-0.05, 0) is 12.3 Å². The van der Waals surface area contributed by atoms with E-state index in [0.29, 0.717) is 6.61 Å². The third kappa shape index (κ3) is 11.7. The van der Waals surface area contributed by atoms with Crippen LogP contribution in [0.5, 0.6) is 0 Å². The Balaban J connectivity index is 3.30. The summed E-state index contributed by atoms with van der Waals surface area (Å²) in [5.74, 6) is -0.0366. The molecule has 0 saturated heterocycles. The molecule has 0 heterocycles. The topological polar surface area (TPSA) is 52.3 Å². The van der Waals surface area contributed by atoms with Gasteiger partial charge in [-0.3, -0.25) is 4.79 Å². The number of hydrogen-bond donors (Lipinski definition) is 1. The monoisotopic (exact) mass is 299 g/mol. The highest BCUT2D eigenvalue weighted by atomic mass is 16.5. The Bertz CT molecular complexity index is 243. The minimum Gasteiger partial charge on any atom is -0.465 e.